The first-order valence-electron chi connectivity index (χ1n) is 4.72. The lowest BCUT2D eigenvalue weighted by molar-refractivity contribution is -0.131. The van der Waals surface area contributed by atoms with Gasteiger partial charge in [-0.05, 0) is 26.4 Å². The number of aliphatic carboxylic acids is 1. The third-order valence-corrected chi connectivity index (χ3v) is 1.83. The Morgan fingerprint density at radius 3 is 2.46 bits per heavy atom. The normalized spacial score (nSPS) is 12.2. The Kier molecular flexibility index (Phi) is 6.24. The van der Waals surface area contributed by atoms with Crippen molar-refractivity contribution < 1.29 is 9.90 Å². The van der Waals surface area contributed by atoms with Gasteiger partial charge in [0.2, 0.25) is 0 Å². The van der Waals surface area contributed by atoms with Crippen LogP contribution in [0.1, 0.15) is 27.2 Å². The highest BCUT2D eigenvalue weighted by molar-refractivity contribution is 5.80. The summed E-state index contributed by atoms with van der Waals surface area (Å²) in [7, 11) is 0. The summed E-state index contributed by atoms with van der Waals surface area (Å²) >= 11 is 0. The number of likely N-dealkylation sites (N-methyl/N-ethyl adjacent to an activating group) is 1. The van der Waals surface area contributed by atoms with E-state index in [1.165, 1.54) is 6.08 Å². The van der Waals surface area contributed by atoms with Crippen LogP contribution in [0.4, 0.5) is 0 Å². The maximum atomic E-state index is 10.3. The van der Waals surface area contributed by atoms with Crippen LogP contribution in [0.2, 0.25) is 0 Å². The van der Waals surface area contributed by atoms with E-state index < -0.39 is 5.97 Å². The van der Waals surface area contributed by atoms with Gasteiger partial charge in [0, 0.05) is 12.6 Å². The highest BCUT2D eigenvalue weighted by Crippen LogP contribution is 1.99. The average molecular weight is 185 g/mol. The molecule has 0 radical (unpaired) electrons. The molecule has 0 amide bonds. The van der Waals surface area contributed by atoms with Gasteiger partial charge in [-0.3, -0.25) is 4.90 Å². The van der Waals surface area contributed by atoms with E-state index in [0.29, 0.717) is 0 Å². The molecule has 13 heavy (non-hydrogen) atoms. The average Bonchev–Trinajstić information content (AvgIpc) is 2.02. The van der Waals surface area contributed by atoms with E-state index in [2.05, 4.69) is 18.7 Å². The molecule has 0 unspecified atom stereocenters. The van der Waals surface area contributed by atoms with Crippen LogP contribution in [0.5, 0.6) is 0 Å². The topological polar surface area (TPSA) is 40.5 Å². The van der Waals surface area contributed by atoms with Crippen LogP contribution in [0.15, 0.2) is 11.6 Å². The van der Waals surface area contributed by atoms with Crippen molar-refractivity contribution in [3.8, 4) is 0 Å². The standard InChI is InChI=1S/C10H19NO2/c1-4-6-11(5-2)8-9(3)7-10(12)13/h7H,4-6,8H2,1-3H3,(H,12,13). The molecular weight excluding hydrogens is 166 g/mol. The molecule has 0 atom stereocenters. The molecule has 0 saturated carbocycles. The number of carboxylic acid groups (broad SMARTS) is 1. The van der Waals surface area contributed by atoms with Crippen LogP contribution < -0.4 is 0 Å². The molecule has 3 heteroatoms. The largest absolute Gasteiger partial charge is 0.478 e. The molecule has 0 aliphatic heterocycles. The van der Waals surface area contributed by atoms with Crippen molar-refractivity contribution in [3.05, 3.63) is 11.6 Å². The van der Waals surface area contributed by atoms with Crippen molar-refractivity contribution in [3.63, 3.8) is 0 Å². The van der Waals surface area contributed by atoms with E-state index in [9.17, 15) is 4.79 Å². The summed E-state index contributed by atoms with van der Waals surface area (Å²) in [5, 5.41) is 8.50. The second-order valence-corrected chi connectivity index (χ2v) is 3.20. The van der Waals surface area contributed by atoms with Crippen molar-refractivity contribution in [2.45, 2.75) is 27.2 Å². The second kappa shape index (κ2) is 6.66. The lowest BCUT2D eigenvalue weighted by Gasteiger charge is -2.19. The van der Waals surface area contributed by atoms with E-state index in [-0.39, 0.29) is 0 Å². The Hall–Kier alpha value is -0.830. The van der Waals surface area contributed by atoms with Gasteiger partial charge >= 0.3 is 5.97 Å². The number of carbonyl (C=O) groups is 1. The molecule has 3 nitrogen and oxygen atoms in total. The number of rotatable bonds is 6. The zero-order chi connectivity index (χ0) is 10.3. The molecule has 0 saturated heterocycles. The maximum Gasteiger partial charge on any atom is 0.328 e. The van der Waals surface area contributed by atoms with Crippen LogP contribution in [0.3, 0.4) is 0 Å². The molecule has 0 aliphatic rings. The third kappa shape index (κ3) is 6.34. The molecule has 0 aliphatic carbocycles. The first-order chi connectivity index (χ1) is 6.10. The Bertz CT molecular complexity index is 187. The third-order valence-electron chi connectivity index (χ3n) is 1.83. The van der Waals surface area contributed by atoms with Crippen LogP contribution in [-0.4, -0.2) is 35.6 Å². The molecule has 0 bridgehead atoms. The number of hydrogen-bond donors (Lipinski definition) is 1. The van der Waals surface area contributed by atoms with Gasteiger partial charge in [0.05, 0.1) is 0 Å². The van der Waals surface area contributed by atoms with Crippen LogP contribution >= 0.6 is 0 Å². The molecule has 0 heterocycles. The summed E-state index contributed by atoms with van der Waals surface area (Å²) in [6.07, 6.45) is 2.38. The zero-order valence-electron chi connectivity index (χ0n) is 8.71. The zero-order valence-corrected chi connectivity index (χ0v) is 8.71. The van der Waals surface area contributed by atoms with Gasteiger partial charge in [0.25, 0.3) is 0 Å². The minimum absolute atomic E-state index is 0.761. The van der Waals surface area contributed by atoms with Crippen molar-refractivity contribution in [2.75, 3.05) is 19.6 Å². The smallest absolute Gasteiger partial charge is 0.328 e. The highest BCUT2D eigenvalue weighted by Gasteiger charge is 2.02. The fourth-order valence-electron chi connectivity index (χ4n) is 1.27. The Morgan fingerprint density at radius 2 is 2.08 bits per heavy atom. The molecular formula is C10H19NO2. The summed E-state index contributed by atoms with van der Waals surface area (Å²) in [6, 6.07) is 0. The van der Waals surface area contributed by atoms with Gasteiger partial charge in [-0.1, -0.05) is 19.4 Å². The minimum atomic E-state index is -0.856. The molecule has 0 aromatic rings. The van der Waals surface area contributed by atoms with E-state index in [0.717, 1.165) is 31.6 Å². The summed E-state index contributed by atoms with van der Waals surface area (Å²) in [5.41, 5.74) is 0.905. The predicted molar refractivity (Wildman–Crippen MR) is 53.8 cm³/mol. The van der Waals surface area contributed by atoms with Crippen LogP contribution in [-0.2, 0) is 4.79 Å². The fraction of sp³-hybridized carbons (Fsp3) is 0.700. The van der Waals surface area contributed by atoms with Gasteiger partial charge in [0.1, 0.15) is 0 Å². The van der Waals surface area contributed by atoms with Gasteiger partial charge < -0.3 is 5.11 Å². The monoisotopic (exact) mass is 185 g/mol. The van der Waals surface area contributed by atoms with Crippen molar-refractivity contribution in [2.24, 2.45) is 0 Å². The summed E-state index contributed by atoms with van der Waals surface area (Å²) in [6.45, 7) is 8.83. The number of carboxylic acids is 1. The molecule has 0 rings (SSSR count). The van der Waals surface area contributed by atoms with Gasteiger partial charge in [0.15, 0.2) is 0 Å². The van der Waals surface area contributed by atoms with Crippen molar-refractivity contribution in [1.82, 2.24) is 4.90 Å². The second-order valence-electron chi connectivity index (χ2n) is 3.20. The highest BCUT2D eigenvalue weighted by atomic mass is 16.4. The lowest BCUT2D eigenvalue weighted by Crippen LogP contribution is -2.26. The Morgan fingerprint density at radius 1 is 1.46 bits per heavy atom. The maximum absolute atomic E-state index is 10.3. The predicted octanol–water partition coefficient (Wildman–Crippen LogP) is 1.75. The first kappa shape index (κ1) is 12.2. The van der Waals surface area contributed by atoms with E-state index in [1.54, 1.807) is 0 Å². The van der Waals surface area contributed by atoms with E-state index in [1.807, 2.05) is 6.92 Å². The van der Waals surface area contributed by atoms with Crippen molar-refractivity contribution in [1.29, 1.82) is 0 Å². The first-order valence-corrected chi connectivity index (χ1v) is 4.72. The van der Waals surface area contributed by atoms with Gasteiger partial charge in [-0.2, -0.15) is 0 Å². The van der Waals surface area contributed by atoms with Gasteiger partial charge in [-0.25, -0.2) is 4.79 Å². The molecule has 0 fully saturated rings. The lowest BCUT2D eigenvalue weighted by atomic mass is 10.2. The van der Waals surface area contributed by atoms with Crippen LogP contribution in [0, 0.1) is 0 Å². The molecule has 0 spiro atoms. The fourth-order valence-corrected chi connectivity index (χ4v) is 1.27. The minimum Gasteiger partial charge on any atom is -0.478 e. The van der Waals surface area contributed by atoms with Crippen LogP contribution in [0.25, 0.3) is 0 Å². The summed E-state index contributed by atoms with van der Waals surface area (Å²) < 4.78 is 0. The number of nitrogens with zero attached hydrogens (tertiary/aromatic N) is 1. The summed E-state index contributed by atoms with van der Waals surface area (Å²) in [4.78, 5) is 12.6. The SMILES string of the molecule is CCCN(CC)CC(C)=CC(=O)O. The Balaban J connectivity index is 3.99. The van der Waals surface area contributed by atoms with Crippen molar-refractivity contribution >= 4 is 5.97 Å². The molecule has 0 aromatic heterocycles. The molecule has 1 N–H and O–H groups in total. The molecule has 0 aromatic carbocycles. The Labute approximate surface area is 80.0 Å². The van der Waals surface area contributed by atoms with E-state index in [4.69, 9.17) is 5.11 Å². The summed E-state index contributed by atoms with van der Waals surface area (Å²) in [5.74, 6) is -0.856. The number of hydrogen-bond acceptors (Lipinski definition) is 2. The van der Waals surface area contributed by atoms with E-state index >= 15 is 0 Å². The molecule has 76 valence electrons. The van der Waals surface area contributed by atoms with Gasteiger partial charge in [-0.15, -0.1) is 0 Å². The quantitative estimate of drug-likeness (QED) is 0.641.